The summed E-state index contributed by atoms with van der Waals surface area (Å²) in [7, 11) is 0. The zero-order valence-electron chi connectivity index (χ0n) is 11.2. The number of amides is 1. The van der Waals surface area contributed by atoms with Crippen molar-refractivity contribution in [3.05, 3.63) is 33.8 Å². The van der Waals surface area contributed by atoms with Gasteiger partial charge in [-0.1, -0.05) is 23.2 Å². The van der Waals surface area contributed by atoms with Gasteiger partial charge in [0.15, 0.2) is 0 Å². The molecular weight excluding hydrogens is 313 g/mol. The topological polar surface area (TPSA) is 66.4 Å². The molecule has 0 bridgehead atoms. The largest absolute Gasteiger partial charge is 0.480 e. The van der Waals surface area contributed by atoms with Crippen LogP contribution >= 0.6 is 23.2 Å². The molecule has 3 rings (SSSR count). The van der Waals surface area contributed by atoms with Gasteiger partial charge in [0, 0.05) is 22.4 Å². The molecule has 2 atom stereocenters. The van der Waals surface area contributed by atoms with Crippen molar-refractivity contribution < 1.29 is 14.7 Å². The fourth-order valence-corrected chi connectivity index (χ4v) is 3.44. The van der Waals surface area contributed by atoms with E-state index in [0.29, 0.717) is 15.6 Å². The van der Waals surface area contributed by atoms with Gasteiger partial charge in [0.1, 0.15) is 6.04 Å². The van der Waals surface area contributed by atoms with Crippen molar-refractivity contribution in [3.63, 3.8) is 0 Å². The van der Waals surface area contributed by atoms with Crippen LogP contribution < -0.4 is 5.32 Å². The number of benzene rings is 1. The number of nitrogens with one attached hydrogen (secondary N) is 1. The number of hydrogen-bond donors (Lipinski definition) is 2. The summed E-state index contributed by atoms with van der Waals surface area (Å²) in [4.78, 5) is 23.4. The lowest BCUT2D eigenvalue weighted by atomic mass is 10.1. The Morgan fingerprint density at radius 3 is 2.38 bits per heavy atom. The molecule has 2 fully saturated rings. The second-order valence-corrected chi connectivity index (χ2v) is 6.87. The first-order chi connectivity index (χ1) is 9.89. The van der Waals surface area contributed by atoms with Crippen LogP contribution in [-0.2, 0) is 16.0 Å². The fourth-order valence-electron chi connectivity index (χ4n) is 2.87. The summed E-state index contributed by atoms with van der Waals surface area (Å²) in [6.07, 6.45) is 3.24. The standard InChI is InChI=1S/C15H15Cl2NO3/c16-9-3-8(4-10(17)6-9)5-12(14(20)21)18-13(19)11-7-15(11)1-2-15/h3-4,6,11-12H,1-2,5,7H2,(H,18,19)(H,20,21). The lowest BCUT2D eigenvalue weighted by Gasteiger charge is -2.15. The van der Waals surface area contributed by atoms with Crippen LogP contribution in [0.5, 0.6) is 0 Å². The smallest absolute Gasteiger partial charge is 0.326 e. The Balaban J connectivity index is 1.66. The molecule has 0 aromatic heterocycles. The molecule has 2 aliphatic carbocycles. The van der Waals surface area contributed by atoms with Crippen LogP contribution in [0.25, 0.3) is 0 Å². The van der Waals surface area contributed by atoms with E-state index in [1.54, 1.807) is 18.2 Å². The predicted molar refractivity (Wildman–Crippen MR) is 79.5 cm³/mol. The fraction of sp³-hybridized carbons (Fsp3) is 0.467. The molecule has 0 radical (unpaired) electrons. The SMILES string of the molecule is O=C(O)C(Cc1cc(Cl)cc(Cl)c1)NC(=O)C1CC12CC2. The number of carbonyl (C=O) groups is 2. The summed E-state index contributed by atoms with van der Waals surface area (Å²) < 4.78 is 0. The van der Waals surface area contributed by atoms with Crippen molar-refractivity contribution in [2.75, 3.05) is 0 Å². The molecule has 4 nitrogen and oxygen atoms in total. The van der Waals surface area contributed by atoms with Gasteiger partial charge in [0.2, 0.25) is 5.91 Å². The molecule has 2 aliphatic rings. The summed E-state index contributed by atoms with van der Waals surface area (Å²) in [6.45, 7) is 0. The van der Waals surface area contributed by atoms with Crippen LogP contribution in [0.4, 0.5) is 0 Å². The van der Waals surface area contributed by atoms with Crippen LogP contribution in [0.1, 0.15) is 24.8 Å². The number of aliphatic carboxylic acids is 1. The van der Waals surface area contributed by atoms with E-state index in [2.05, 4.69) is 5.32 Å². The molecule has 2 N–H and O–H groups in total. The second-order valence-electron chi connectivity index (χ2n) is 6.00. The van der Waals surface area contributed by atoms with Crippen LogP contribution in [0.3, 0.4) is 0 Å². The average molecular weight is 328 g/mol. The molecule has 1 spiro atoms. The number of rotatable bonds is 5. The first-order valence-electron chi connectivity index (χ1n) is 6.88. The van der Waals surface area contributed by atoms with Gasteiger partial charge in [-0.05, 0) is 48.4 Å². The monoisotopic (exact) mass is 327 g/mol. The Morgan fingerprint density at radius 2 is 1.90 bits per heavy atom. The lowest BCUT2D eigenvalue weighted by molar-refractivity contribution is -0.142. The molecule has 2 saturated carbocycles. The van der Waals surface area contributed by atoms with E-state index in [0.717, 1.165) is 19.3 Å². The molecule has 0 saturated heterocycles. The summed E-state index contributed by atoms with van der Waals surface area (Å²) in [5.41, 5.74) is 0.907. The highest BCUT2D eigenvalue weighted by Gasteiger charge is 2.65. The predicted octanol–water partition coefficient (Wildman–Crippen LogP) is 2.91. The van der Waals surface area contributed by atoms with Crippen LogP contribution in [0.2, 0.25) is 10.0 Å². The van der Waals surface area contributed by atoms with Crippen molar-refractivity contribution >= 4 is 35.1 Å². The minimum Gasteiger partial charge on any atom is -0.480 e. The van der Waals surface area contributed by atoms with E-state index in [-0.39, 0.29) is 23.7 Å². The summed E-state index contributed by atoms with van der Waals surface area (Å²) in [5, 5.41) is 12.8. The Kier molecular flexibility index (Phi) is 3.62. The molecule has 1 aromatic carbocycles. The van der Waals surface area contributed by atoms with E-state index in [9.17, 15) is 14.7 Å². The molecule has 2 unspecified atom stereocenters. The maximum absolute atomic E-state index is 12.1. The Morgan fingerprint density at radius 1 is 1.29 bits per heavy atom. The third kappa shape index (κ3) is 3.16. The molecule has 0 heterocycles. The van der Waals surface area contributed by atoms with Gasteiger partial charge in [-0.3, -0.25) is 4.79 Å². The molecule has 1 amide bonds. The van der Waals surface area contributed by atoms with E-state index in [1.165, 1.54) is 0 Å². The van der Waals surface area contributed by atoms with Crippen molar-refractivity contribution in [1.29, 1.82) is 0 Å². The number of carboxylic acids is 1. The molecule has 0 aliphatic heterocycles. The van der Waals surface area contributed by atoms with Crippen molar-refractivity contribution in [3.8, 4) is 0 Å². The molecule has 6 heteroatoms. The summed E-state index contributed by atoms with van der Waals surface area (Å²) in [6, 6.07) is 3.95. The Labute approximate surface area is 132 Å². The van der Waals surface area contributed by atoms with Crippen LogP contribution in [-0.4, -0.2) is 23.0 Å². The normalized spacial score (nSPS) is 22.7. The third-order valence-electron chi connectivity index (χ3n) is 4.38. The highest BCUT2D eigenvalue weighted by Crippen LogP contribution is 2.70. The first-order valence-corrected chi connectivity index (χ1v) is 7.63. The highest BCUT2D eigenvalue weighted by molar-refractivity contribution is 6.34. The first kappa shape index (κ1) is 14.7. The van der Waals surface area contributed by atoms with E-state index >= 15 is 0 Å². The minimum absolute atomic E-state index is 0.00213. The van der Waals surface area contributed by atoms with Gasteiger partial charge in [-0.15, -0.1) is 0 Å². The third-order valence-corrected chi connectivity index (χ3v) is 4.81. The van der Waals surface area contributed by atoms with Crippen LogP contribution in [0, 0.1) is 11.3 Å². The van der Waals surface area contributed by atoms with Gasteiger partial charge in [-0.25, -0.2) is 4.79 Å². The van der Waals surface area contributed by atoms with E-state index < -0.39 is 12.0 Å². The Bertz CT molecular complexity index is 593. The maximum atomic E-state index is 12.1. The molecular formula is C15H15Cl2NO3. The minimum atomic E-state index is -1.05. The number of carbonyl (C=O) groups excluding carboxylic acids is 1. The zero-order chi connectivity index (χ0) is 15.2. The van der Waals surface area contributed by atoms with E-state index in [4.69, 9.17) is 23.2 Å². The number of hydrogen-bond acceptors (Lipinski definition) is 2. The van der Waals surface area contributed by atoms with Gasteiger partial charge in [0.05, 0.1) is 0 Å². The summed E-state index contributed by atoms with van der Waals surface area (Å²) in [5.74, 6) is -1.19. The van der Waals surface area contributed by atoms with Gasteiger partial charge >= 0.3 is 5.97 Å². The van der Waals surface area contributed by atoms with Crippen molar-refractivity contribution in [2.24, 2.45) is 11.3 Å². The second kappa shape index (κ2) is 5.18. The van der Waals surface area contributed by atoms with E-state index in [1.807, 2.05) is 0 Å². The van der Waals surface area contributed by atoms with Gasteiger partial charge < -0.3 is 10.4 Å². The van der Waals surface area contributed by atoms with Crippen LogP contribution in [0.15, 0.2) is 18.2 Å². The number of carboxylic acid groups (broad SMARTS) is 1. The molecule has 21 heavy (non-hydrogen) atoms. The molecule has 1 aromatic rings. The lowest BCUT2D eigenvalue weighted by Crippen LogP contribution is -2.43. The van der Waals surface area contributed by atoms with Crippen molar-refractivity contribution in [1.82, 2.24) is 5.32 Å². The van der Waals surface area contributed by atoms with Gasteiger partial charge in [0.25, 0.3) is 0 Å². The quantitative estimate of drug-likeness (QED) is 0.873. The highest BCUT2D eigenvalue weighted by atomic mass is 35.5. The zero-order valence-corrected chi connectivity index (χ0v) is 12.7. The number of halogens is 2. The molecule has 112 valence electrons. The van der Waals surface area contributed by atoms with Crippen molar-refractivity contribution in [2.45, 2.75) is 31.7 Å². The Hall–Kier alpha value is -1.26. The maximum Gasteiger partial charge on any atom is 0.326 e. The summed E-state index contributed by atoms with van der Waals surface area (Å²) >= 11 is 11.8. The van der Waals surface area contributed by atoms with Gasteiger partial charge in [-0.2, -0.15) is 0 Å². The average Bonchev–Trinajstić information content (AvgIpc) is 3.28.